The number of carbonyl (C=O) groups is 1. The fourth-order valence-corrected chi connectivity index (χ4v) is 2.36. The fraction of sp³-hybridized carbons (Fsp3) is 0.200. The van der Waals surface area contributed by atoms with Gasteiger partial charge in [0.25, 0.3) is 5.91 Å². The number of nitrogens with one attached hydrogen (secondary N) is 1. The van der Waals surface area contributed by atoms with Crippen LogP contribution in [-0.2, 0) is 6.54 Å². The van der Waals surface area contributed by atoms with E-state index in [-0.39, 0.29) is 5.91 Å². The van der Waals surface area contributed by atoms with E-state index in [1.165, 1.54) is 0 Å². The Morgan fingerprint density at radius 2 is 2.19 bits per heavy atom. The highest BCUT2D eigenvalue weighted by molar-refractivity contribution is 7.98. The number of benzene rings is 1. The topological polar surface area (TPSA) is 51.2 Å². The molecule has 0 atom stereocenters. The Morgan fingerprint density at radius 3 is 2.81 bits per heavy atom. The number of hydrogen-bond donors (Lipinski definition) is 1. The lowest BCUT2D eigenvalue weighted by atomic mass is 10.2. The van der Waals surface area contributed by atoms with Crippen molar-refractivity contribution in [3.05, 3.63) is 52.7 Å². The molecule has 6 heteroatoms. The zero-order chi connectivity index (χ0) is 15.2. The maximum absolute atomic E-state index is 12.2. The Kier molecular flexibility index (Phi) is 5.47. The molecule has 21 heavy (non-hydrogen) atoms. The first kappa shape index (κ1) is 15.7. The average Bonchev–Trinajstić information content (AvgIpc) is 2.53. The second-order valence-electron chi connectivity index (χ2n) is 4.24. The van der Waals surface area contributed by atoms with Crippen LogP contribution in [-0.4, -0.2) is 24.3 Å². The van der Waals surface area contributed by atoms with Gasteiger partial charge in [0.2, 0.25) is 5.88 Å². The van der Waals surface area contributed by atoms with Gasteiger partial charge in [0.05, 0.1) is 17.7 Å². The van der Waals surface area contributed by atoms with Gasteiger partial charge in [-0.3, -0.25) is 4.79 Å². The van der Waals surface area contributed by atoms with E-state index < -0.39 is 0 Å². The number of carbonyl (C=O) groups excluding carboxylic acids is 1. The van der Waals surface area contributed by atoms with Crippen molar-refractivity contribution in [2.75, 3.05) is 13.4 Å². The van der Waals surface area contributed by atoms with Crippen LogP contribution in [0.1, 0.15) is 15.9 Å². The molecule has 0 saturated heterocycles. The molecule has 0 spiro atoms. The van der Waals surface area contributed by atoms with E-state index >= 15 is 0 Å². The maximum atomic E-state index is 12.2. The van der Waals surface area contributed by atoms with E-state index in [2.05, 4.69) is 10.3 Å². The molecule has 0 aliphatic carbocycles. The SMILES string of the molecule is COc1ccc(CNC(=O)c2cc(SC)ccc2Cl)cn1. The highest BCUT2D eigenvalue weighted by Gasteiger charge is 2.11. The van der Waals surface area contributed by atoms with E-state index in [4.69, 9.17) is 16.3 Å². The lowest BCUT2D eigenvalue weighted by molar-refractivity contribution is 0.0951. The highest BCUT2D eigenvalue weighted by Crippen LogP contribution is 2.23. The van der Waals surface area contributed by atoms with Crippen molar-refractivity contribution >= 4 is 29.3 Å². The standard InChI is InChI=1S/C15H15ClN2O2S/c1-20-14-6-3-10(8-17-14)9-18-15(19)12-7-11(21-2)4-5-13(12)16/h3-8H,9H2,1-2H3,(H,18,19). The second kappa shape index (κ2) is 7.33. The van der Waals surface area contributed by atoms with Crippen molar-refractivity contribution in [2.45, 2.75) is 11.4 Å². The minimum atomic E-state index is -0.202. The van der Waals surface area contributed by atoms with Crippen LogP contribution in [0.2, 0.25) is 5.02 Å². The van der Waals surface area contributed by atoms with Crippen LogP contribution in [0.5, 0.6) is 5.88 Å². The van der Waals surface area contributed by atoms with E-state index in [1.807, 2.05) is 18.4 Å². The largest absolute Gasteiger partial charge is 0.481 e. The van der Waals surface area contributed by atoms with Crippen LogP contribution in [0.4, 0.5) is 0 Å². The lowest BCUT2D eigenvalue weighted by Crippen LogP contribution is -2.23. The third-order valence-corrected chi connectivity index (χ3v) is 3.93. The normalized spacial score (nSPS) is 10.2. The van der Waals surface area contributed by atoms with Gasteiger partial charge in [-0.1, -0.05) is 17.7 Å². The first-order valence-electron chi connectivity index (χ1n) is 6.24. The second-order valence-corrected chi connectivity index (χ2v) is 5.52. The number of pyridine rings is 1. The average molecular weight is 323 g/mol. The van der Waals surface area contributed by atoms with Gasteiger partial charge < -0.3 is 10.1 Å². The van der Waals surface area contributed by atoms with Gasteiger partial charge in [-0.05, 0) is 30.0 Å². The van der Waals surface area contributed by atoms with E-state index in [9.17, 15) is 4.79 Å². The number of hydrogen-bond acceptors (Lipinski definition) is 4. The minimum Gasteiger partial charge on any atom is -0.481 e. The number of amides is 1. The molecule has 0 aliphatic heterocycles. The van der Waals surface area contributed by atoms with Gasteiger partial charge in [-0.15, -0.1) is 11.8 Å². The third kappa shape index (κ3) is 4.12. The quantitative estimate of drug-likeness (QED) is 0.857. The third-order valence-electron chi connectivity index (χ3n) is 2.88. The summed E-state index contributed by atoms with van der Waals surface area (Å²) in [4.78, 5) is 17.3. The van der Waals surface area contributed by atoms with Crippen molar-refractivity contribution in [3.63, 3.8) is 0 Å². The van der Waals surface area contributed by atoms with Gasteiger partial charge in [0.1, 0.15) is 0 Å². The number of thioether (sulfide) groups is 1. The Morgan fingerprint density at radius 1 is 1.38 bits per heavy atom. The van der Waals surface area contributed by atoms with Crippen molar-refractivity contribution in [1.82, 2.24) is 10.3 Å². The molecule has 0 unspecified atom stereocenters. The molecule has 1 N–H and O–H groups in total. The summed E-state index contributed by atoms with van der Waals surface area (Å²) >= 11 is 7.64. The highest BCUT2D eigenvalue weighted by atomic mass is 35.5. The molecule has 2 aromatic rings. The summed E-state index contributed by atoms with van der Waals surface area (Å²) in [6, 6.07) is 9.01. The predicted molar refractivity (Wildman–Crippen MR) is 85.2 cm³/mol. The molecule has 0 aliphatic rings. The number of ether oxygens (including phenoxy) is 1. The molecule has 4 nitrogen and oxygen atoms in total. The van der Waals surface area contributed by atoms with Gasteiger partial charge in [-0.2, -0.15) is 0 Å². The Bertz CT molecular complexity index is 632. The Balaban J connectivity index is 2.04. The van der Waals surface area contributed by atoms with Crippen LogP contribution in [0.3, 0.4) is 0 Å². The Hall–Kier alpha value is -1.72. The van der Waals surface area contributed by atoms with Crippen molar-refractivity contribution < 1.29 is 9.53 Å². The van der Waals surface area contributed by atoms with Crippen LogP contribution in [0, 0.1) is 0 Å². The van der Waals surface area contributed by atoms with Gasteiger partial charge in [0.15, 0.2) is 0 Å². The van der Waals surface area contributed by atoms with Crippen molar-refractivity contribution in [2.24, 2.45) is 0 Å². The molecule has 0 bridgehead atoms. The monoisotopic (exact) mass is 322 g/mol. The summed E-state index contributed by atoms with van der Waals surface area (Å²) in [6.07, 6.45) is 3.62. The molecular weight excluding hydrogens is 308 g/mol. The smallest absolute Gasteiger partial charge is 0.253 e. The molecule has 1 amide bonds. The minimum absolute atomic E-state index is 0.202. The maximum Gasteiger partial charge on any atom is 0.253 e. The van der Waals surface area contributed by atoms with E-state index in [1.54, 1.807) is 43.3 Å². The molecule has 110 valence electrons. The summed E-state index contributed by atoms with van der Waals surface area (Å²) in [5.41, 5.74) is 1.37. The number of rotatable bonds is 5. The molecule has 2 rings (SSSR count). The zero-order valence-corrected chi connectivity index (χ0v) is 13.3. The first-order chi connectivity index (χ1) is 10.1. The molecule has 0 radical (unpaired) electrons. The first-order valence-corrected chi connectivity index (χ1v) is 7.85. The predicted octanol–water partition coefficient (Wildman–Crippen LogP) is 3.40. The van der Waals surface area contributed by atoms with E-state index in [0.29, 0.717) is 23.0 Å². The fourth-order valence-electron chi connectivity index (χ4n) is 1.72. The summed E-state index contributed by atoms with van der Waals surface area (Å²) in [6.45, 7) is 0.385. The summed E-state index contributed by atoms with van der Waals surface area (Å²) < 4.78 is 4.99. The van der Waals surface area contributed by atoms with Gasteiger partial charge in [-0.25, -0.2) is 4.98 Å². The van der Waals surface area contributed by atoms with Crippen LogP contribution < -0.4 is 10.1 Å². The van der Waals surface area contributed by atoms with Crippen molar-refractivity contribution in [3.8, 4) is 5.88 Å². The van der Waals surface area contributed by atoms with Gasteiger partial charge >= 0.3 is 0 Å². The van der Waals surface area contributed by atoms with E-state index in [0.717, 1.165) is 10.5 Å². The number of aromatic nitrogens is 1. The van der Waals surface area contributed by atoms with Crippen molar-refractivity contribution in [1.29, 1.82) is 0 Å². The molecular formula is C15H15ClN2O2S. The van der Waals surface area contributed by atoms with Gasteiger partial charge in [0, 0.05) is 23.7 Å². The lowest BCUT2D eigenvalue weighted by Gasteiger charge is -2.08. The van der Waals surface area contributed by atoms with Crippen LogP contribution >= 0.6 is 23.4 Å². The molecule has 0 saturated carbocycles. The summed E-state index contributed by atoms with van der Waals surface area (Å²) in [7, 11) is 1.56. The van der Waals surface area contributed by atoms with Crippen LogP contribution in [0.15, 0.2) is 41.4 Å². The summed E-state index contributed by atoms with van der Waals surface area (Å²) in [5, 5.41) is 3.27. The molecule has 1 aromatic heterocycles. The molecule has 0 fully saturated rings. The summed E-state index contributed by atoms with van der Waals surface area (Å²) in [5.74, 6) is 0.340. The Labute approximate surface area is 132 Å². The number of nitrogens with zero attached hydrogens (tertiary/aromatic N) is 1. The number of halogens is 1. The number of methoxy groups -OCH3 is 1. The zero-order valence-electron chi connectivity index (χ0n) is 11.7. The van der Waals surface area contributed by atoms with Crippen LogP contribution in [0.25, 0.3) is 0 Å². The molecule has 1 heterocycles. The molecule has 1 aromatic carbocycles.